The summed E-state index contributed by atoms with van der Waals surface area (Å²) < 4.78 is 48.5. The minimum Gasteiger partial charge on any atom is -0.394 e. The van der Waals surface area contributed by atoms with Gasteiger partial charge in [0.25, 0.3) is 0 Å². The van der Waals surface area contributed by atoms with Gasteiger partial charge in [0.2, 0.25) is 0 Å². The van der Waals surface area contributed by atoms with E-state index >= 15 is 0 Å². The standard InChI is InChI=1S/C44H72O17/c1-19-7-12-44(55-17-19)20(2)30-27(61-44)14-25-23-6-5-21-13-22(8-10-42(21,3)24(23)9-11-43(25,30)4)56-40-35(52)33(50)37(29(16-46)58-40)59-41-36(53)38(32(49)28(15-45)57-41)60-39-34(51)31(48)26(47)18-54-39/h19-41,45-53H,5-18H2,1-4H3/t19-,20+,21+,22+,23-,24+,25+,26-,27+,28-,29-,30+,31+,32-,33-,34-,35-,36-,37-,38-,39+,40-,41+,42+,43+,44-/m1/s1. The van der Waals surface area contributed by atoms with Crippen molar-refractivity contribution in [2.24, 2.45) is 52.3 Å². The first-order valence-electron chi connectivity index (χ1n) is 23.2. The molecule has 5 heterocycles. The smallest absolute Gasteiger partial charge is 0.187 e. The Balaban J connectivity index is 0.815. The Morgan fingerprint density at radius 1 is 0.607 bits per heavy atom. The minimum atomic E-state index is -1.82. The summed E-state index contributed by atoms with van der Waals surface area (Å²) in [4.78, 5) is 0. The highest BCUT2D eigenvalue weighted by Crippen LogP contribution is 2.71. The van der Waals surface area contributed by atoms with Gasteiger partial charge in [0, 0.05) is 12.3 Å². The molecule has 5 saturated heterocycles. The number of aliphatic hydroxyl groups excluding tert-OH is 9. The molecule has 9 rings (SSSR count). The molecule has 5 aliphatic heterocycles. The average Bonchev–Trinajstić information content (AvgIpc) is 3.69. The van der Waals surface area contributed by atoms with Crippen LogP contribution in [0.3, 0.4) is 0 Å². The van der Waals surface area contributed by atoms with Crippen LogP contribution >= 0.6 is 0 Å². The molecule has 26 atom stereocenters. The molecule has 61 heavy (non-hydrogen) atoms. The first kappa shape index (κ1) is 45.5. The fourth-order valence-electron chi connectivity index (χ4n) is 14.4. The third-order valence-corrected chi connectivity index (χ3v) is 17.9. The summed E-state index contributed by atoms with van der Waals surface area (Å²) in [5.74, 6) is 3.40. The summed E-state index contributed by atoms with van der Waals surface area (Å²) in [6.45, 7) is 8.69. The third kappa shape index (κ3) is 7.58. The Kier molecular flexibility index (Phi) is 12.8. The van der Waals surface area contributed by atoms with Gasteiger partial charge in [-0.1, -0.05) is 27.7 Å². The largest absolute Gasteiger partial charge is 0.394 e. The highest BCUT2D eigenvalue weighted by molar-refractivity contribution is 5.15. The predicted molar refractivity (Wildman–Crippen MR) is 210 cm³/mol. The number of fused-ring (bicyclic) bond motifs is 7. The van der Waals surface area contributed by atoms with Crippen LogP contribution in [-0.4, -0.2) is 176 Å². The van der Waals surface area contributed by atoms with Crippen LogP contribution in [0.2, 0.25) is 0 Å². The molecule has 4 saturated carbocycles. The van der Waals surface area contributed by atoms with E-state index in [1.54, 1.807) is 0 Å². The SMILES string of the molecule is C[C@@H]1CC[C@@]2(OC1)O[C@H]1C[C@H]3[C@@H]4CC[C@H]5C[C@@H](O[C@@H]6O[C@H](CO)[C@@H](O[C@@H]7O[C@H](CO)[C@@H](O)[C@@H](O[C@@H]8OC[C@@H](O)[C@H](O)[C@H]8O)[C@H]7O)[C@H](O)[C@H]6O)CC[C@]5(C)[C@H]4CC[C@]3(C)[C@H]1[C@@H]2C. The van der Waals surface area contributed by atoms with Gasteiger partial charge < -0.3 is 83.9 Å². The van der Waals surface area contributed by atoms with Crippen molar-refractivity contribution in [3.63, 3.8) is 0 Å². The minimum absolute atomic E-state index is 0.154. The Morgan fingerprint density at radius 2 is 1.30 bits per heavy atom. The maximum Gasteiger partial charge on any atom is 0.187 e. The second kappa shape index (κ2) is 17.2. The van der Waals surface area contributed by atoms with E-state index in [0.717, 1.165) is 51.6 Å². The number of hydrogen-bond acceptors (Lipinski definition) is 17. The van der Waals surface area contributed by atoms with E-state index in [2.05, 4.69) is 27.7 Å². The molecule has 9 aliphatic rings. The first-order valence-corrected chi connectivity index (χ1v) is 23.2. The summed E-state index contributed by atoms with van der Waals surface area (Å²) in [5.41, 5.74) is 0.396. The zero-order valence-corrected chi connectivity index (χ0v) is 36.0. The topological polar surface area (TPSA) is 256 Å². The first-order chi connectivity index (χ1) is 29.0. The molecule has 0 aromatic rings. The average molecular weight is 873 g/mol. The Hall–Kier alpha value is -0.680. The Bertz CT molecular complexity index is 1520. The van der Waals surface area contributed by atoms with Gasteiger partial charge in [-0.15, -0.1) is 0 Å². The van der Waals surface area contributed by atoms with Crippen LogP contribution in [0.4, 0.5) is 0 Å². The van der Waals surface area contributed by atoms with E-state index in [9.17, 15) is 46.0 Å². The lowest BCUT2D eigenvalue weighted by Gasteiger charge is -2.61. The zero-order chi connectivity index (χ0) is 43.3. The van der Waals surface area contributed by atoms with Gasteiger partial charge in [-0.25, -0.2) is 0 Å². The fraction of sp³-hybridized carbons (Fsp3) is 1.00. The van der Waals surface area contributed by atoms with Gasteiger partial charge in [0.15, 0.2) is 24.7 Å². The number of hydrogen-bond donors (Lipinski definition) is 9. The molecule has 0 unspecified atom stereocenters. The fourth-order valence-corrected chi connectivity index (χ4v) is 14.4. The molecule has 1 spiro atoms. The quantitative estimate of drug-likeness (QED) is 0.145. The van der Waals surface area contributed by atoms with Gasteiger partial charge in [-0.3, -0.25) is 0 Å². The van der Waals surface area contributed by atoms with Crippen LogP contribution in [-0.2, 0) is 37.9 Å². The molecule has 350 valence electrons. The molecular weight excluding hydrogens is 800 g/mol. The van der Waals surface area contributed by atoms with Crippen molar-refractivity contribution in [1.29, 1.82) is 0 Å². The molecule has 17 heteroatoms. The van der Waals surface area contributed by atoms with Crippen LogP contribution in [0, 0.1) is 52.3 Å². The maximum absolute atomic E-state index is 11.4. The summed E-state index contributed by atoms with van der Waals surface area (Å²) in [7, 11) is 0. The van der Waals surface area contributed by atoms with Gasteiger partial charge in [-0.2, -0.15) is 0 Å². The molecule has 0 amide bonds. The molecule has 0 aromatic heterocycles. The van der Waals surface area contributed by atoms with Crippen LogP contribution in [0.5, 0.6) is 0 Å². The van der Waals surface area contributed by atoms with Gasteiger partial charge in [-0.05, 0) is 104 Å². The Labute approximate surface area is 357 Å². The number of rotatable bonds is 8. The second-order valence-electron chi connectivity index (χ2n) is 21.1. The summed E-state index contributed by atoms with van der Waals surface area (Å²) in [5, 5.41) is 95.7. The third-order valence-electron chi connectivity index (χ3n) is 17.9. The van der Waals surface area contributed by atoms with Crippen LogP contribution in [0.1, 0.15) is 91.9 Å². The maximum atomic E-state index is 11.4. The van der Waals surface area contributed by atoms with E-state index in [1.165, 1.54) is 19.3 Å². The lowest BCUT2D eigenvalue weighted by molar-refractivity contribution is -0.378. The number of ether oxygens (including phenoxy) is 8. The van der Waals surface area contributed by atoms with E-state index in [-0.39, 0.29) is 23.0 Å². The lowest BCUT2D eigenvalue weighted by atomic mass is 9.44. The monoisotopic (exact) mass is 872 g/mol. The molecule has 17 nitrogen and oxygen atoms in total. The Morgan fingerprint density at radius 3 is 2.02 bits per heavy atom. The highest BCUT2D eigenvalue weighted by Gasteiger charge is 2.69. The van der Waals surface area contributed by atoms with Crippen molar-refractivity contribution in [3.8, 4) is 0 Å². The lowest BCUT2D eigenvalue weighted by Crippen LogP contribution is -2.66. The van der Waals surface area contributed by atoms with Crippen molar-refractivity contribution in [2.75, 3.05) is 26.4 Å². The van der Waals surface area contributed by atoms with Crippen molar-refractivity contribution in [2.45, 2.75) is 196 Å². The van der Waals surface area contributed by atoms with Crippen LogP contribution in [0.25, 0.3) is 0 Å². The van der Waals surface area contributed by atoms with Crippen molar-refractivity contribution in [1.82, 2.24) is 0 Å². The molecular formula is C44H72O17. The van der Waals surface area contributed by atoms with Gasteiger partial charge in [0.1, 0.15) is 67.1 Å². The summed E-state index contributed by atoms with van der Waals surface area (Å²) in [6, 6.07) is 0. The molecule has 9 fully saturated rings. The molecule has 9 N–H and O–H groups in total. The molecule has 0 aromatic carbocycles. The second-order valence-corrected chi connectivity index (χ2v) is 21.1. The number of aliphatic hydroxyl groups is 9. The highest BCUT2D eigenvalue weighted by atomic mass is 16.8. The molecule has 0 bridgehead atoms. The van der Waals surface area contributed by atoms with E-state index in [4.69, 9.17) is 37.9 Å². The summed E-state index contributed by atoms with van der Waals surface area (Å²) >= 11 is 0. The molecule has 0 radical (unpaired) electrons. The predicted octanol–water partition coefficient (Wildman–Crippen LogP) is -0.0945. The van der Waals surface area contributed by atoms with Gasteiger partial charge >= 0.3 is 0 Å². The van der Waals surface area contributed by atoms with Crippen LogP contribution < -0.4 is 0 Å². The molecule has 4 aliphatic carbocycles. The zero-order valence-electron chi connectivity index (χ0n) is 36.0. The normalized spacial score (nSPS) is 58.5. The van der Waals surface area contributed by atoms with E-state index in [0.29, 0.717) is 41.4 Å². The van der Waals surface area contributed by atoms with Gasteiger partial charge in [0.05, 0.1) is 38.6 Å². The van der Waals surface area contributed by atoms with E-state index in [1.807, 2.05) is 0 Å². The van der Waals surface area contributed by atoms with Crippen molar-refractivity contribution >= 4 is 0 Å². The van der Waals surface area contributed by atoms with Crippen molar-refractivity contribution < 1.29 is 83.9 Å². The summed E-state index contributed by atoms with van der Waals surface area (Å²) in [6.07, 6.45) is -11.3. The van der Waals surface area contributed by atoms with E-state index < -0.39 is 112 Å². The van der Waals surface area contributed by atoms with Crippen LogP contribution in [0.15, 0.2) is 0 Å². The van der Waals surface area contributed by atoms with Crippen molar-refractivity contribution in [3.05, 3.63) is 0 Å².